The summed E-state index contributed by atoms with van der Waals surface area (Å²) in [5, 5.41) is 0. The van der Waals surface area contributed by atoms with Crippen molar-refractivity contribution in [2.24, 2.45) is 51.8 Å². The fourth-order valence-corrected chi connectivity index (χ4v) is 18.4. The van der Waals surface area contributed by atoms with Gasteiger partial charge in [-0.15, -0.1) is 0 Å². The summed E-state index contributed by atoms with van der Waals surface area (Å²) in [4.78, 5) is 146. The average Bonchev–Trinajstić information content (AvgIpc) is 1.71. The Hall–Kier alpha value is -8.36. The molecule has 9 aliphatic rings. The first-order valence-corrected chi connectivity index (χ1v) is 43.9. The van der Waals surface area contributed by atoms with E-state index < -0.39 is 149 Å². The summed E-state index contributed by atoms with van der Waals surface area (Å²) >= 11 is 0. The van der Waals surface area contributed by atoms with Crippen molar-refractivity contribution < 1.29 is 168 Å². The van der Waals surface area contributed by atoms with Crippen LogP contribution in [0.25, 0.3) is 33.1 Å². The van der Waals surface area contributed by atoms with Crippen LogP contribution in [0.15, 0.2) is 54.6 Å². The van der Waals surface area contributed by atoms with Gasteiger partial charge in [0, 0.05) is 97.9 Å². The van der Waals surface area contributed by atoms with E-state index in [0.717, 1.165) is 124 Å². The molecule has 9 heterocycles. The number of rotatable bonds is 6. The SMILES string of the molecule is COc1ccc2nc3c(nc2c1)O[C@H]1CN(C(=O)[C@H](C(C)(C)C)CC(=O)O[C@@H]2CCC[C@H]2CCCCC3)[C@H]([C-]=O)C1(F)F.COc1ccc2nc3c(nc2c1)O[C@H]1CN(C(=O)[C@H](C(C)(C)C)CC(=O)O[C@@H]2C[C@H]2CCCCC3)[C@H]([C-]=O)C1(F)F.COc1ccc2nc3c(nc2c1)O[C@H]1CN(C(=O)[C@H](C(C)(C)C)CC(=O)O[C@]2(C)C[C@H]2CCCCC3)[C@H]([C-]=O)C1(F)F.[V].[V].[V]. The number of nitrogens with zero attached hydrogens (tertiary/aromatic N) is 9. The molecule has 3 amide bonds. The van der Waals surface area contributed by atoms with Crippen molar-refractivity contribution in [2.75, 3.05) is 41.0 Å². The number of hydrogen-bond acceptors (Lipinski definition) is 24. The quantitative estimate of drug-likeness (QED) is 0.0647. The van der Waals surface area contributed by atoms with E-state index in [1.807, 2.05) is 6.92 Å². The van der Waals surface area contributed by atoms with E-state index in [9.17, 15) is 43.2 Å². The number of alkyl halides is 6. The molecule has 6 aromatic rings. The van der Waals surface area contributed by atoms with Crippen molar-refractivity contribution in [2.45, 2.75) is 289 Å². The molecule has 0 spiro atoms. The predicted molar refractivity (Wildman–Crippen MR) is 447 cm³/mol. The molecule has 15 rings (SSSR count). The van der Waals surface area contributed by atoms with Crippen LogP contribution < -0.4 is 28.4 Å². The van der Waals surface area contributed by atoms with Gasteiger partial charge in [-0.25, -0.2) is 75.1 Å². The van der Waals surface area contributed by atoms with E-state index in [1.165, 1.54) is 40.2 Å². The summed E-state index contributed by atoms with van der Waals surface area (Å²) in [6, 6.07) is 8.88. The molecule has 36 heteroatoms. The summed E-state index contributed by atoms with van der Waals surface area (Å²) in [6.45, 7) is 16.0. The van der Waals surface area contributed by atoms with Crippen molar-refractivity contribution in [1.29, 1.82) is 0 Å². The minimum Gasteiger partial charge on any atom is -0.540 e. The maximum absolute atomic E-state index is 15.8. The van der Waals surface area contributed by atoms with E-state index >= 15 is 26.3 Å². The van der Waals surface area contributed by atoms with Gasteiger partial charge in [-0.05, 0) is 161 Å². The first-order valence-electron chi connectivity index (χ1n) is 43.9. The number of carbonyl (C=O) groups excluding carboxylic acids is 9. The van der Waals surface area contributed by atoms with Crippen LogP contribution in [0.1, 0.15) is 215 Å². The Morgan fingerprint density at radius 1 is 0.395 bits per heavy atom. The molecule has 6 fully saturated rings. The molecule has 3 saturated carbocycles. The maximum atomic E-state index is 15.8. The van der Waals surface area contributed by atoms with Crippen LogP contribution in [0.4, 0.5) is 26.3 Å². The zero-order valence-corrected chi connectivity index (χ0v) is 79.3. The summed E-state index contributed by atoms with van der Waals surface area (Å²) < 4.78 is 145. The van der Waals surface area contributed by atoms with Gasteiger partial charge in [0.1, 0.15) is 52.1 Å². The van der Waals surface area contributed by atoms with Crippen LogP contribution in [-0.2, 0) is 132 Å². The maximum Gasteiger partial charge on any atom is 0.307 e. The monoisotopic (exact) mass is 1910 g/mol. The number of ether oxygens (including phenoxy) is 9. The fourth-order valence-electron chi connectivity index (χ4n) is 18.4. The van der Waals surface area contributed by atoms with E-state index in [4.69, 9.17) is 47.6 Å². The van der Waals surface area contributed by atoms with Gasteiger partial charge in [-0.1, -0.05) is 101 Å². The number of hydrogen-bond donors (Lipinski definition) is 0. The second-order valence-electron chi connectivity index (χ2n) is 38.5. The molecule has 0 unspecified atom stereocenters. The fraction of sp³-hybridized carbons (Fsp3) is 0.645. The van der Waals surface area contributed by atoms with E-state index in [2.05, 4.69) is 24.9 Å². The summed E-state index contributed by atoms with van der Waals surface area (Å²) in [5.41, 5.74) is 1.32. The summed E-state index contributed by atoms with van der Waals surface area (Å²) in [5.74, 6) is -16.0. The minimum absolute atomic E-state index is 0. The second-order valence-corrected chi connectivity index (χ2v) is 38.5. The molecule has 3 aromatic carbocycles. The Morgan fingerprint density at radius 2 is 0.721 bits per heavy atom. The van der Waals surface area contributed by atoms with Crippen LogP contribution in [-0.4, -0.2) is 212 Å². The Bertz CT molecular complexity index is 5060. The number of fused-ring (bicyclic) bond motifs is 15. The van der Waals surface area contributed by atoms with Crippen LogP contribution >= 0.6 is 0 Å². The number of esters is 3. The van der Waals surface area contributed by atoms with Gasteiger partial charge in [0.05, 0.1) is 111 Å². The third-order valence-corrected chi connectivity index (χ3v) is 26.4. The molecular weight excluding hydrogens is 1800 g/mol. The number of carbonyl (C=O) groups is 6. The van der Waals surface area contributed by atoms with Gasteiger partial charge < -0.3 is 71.7 Å². The largest absolute Gasteiger partial charge is 0.540 e. The van der Waals surface area contributed by atoms with Gasteiger partial charge in [-0.2, -0.15) is 0 Å². The first kappa shape index (κ1) is 103. The molecule has 699 valence electrons. The third-order valence-electron chi connectivity index (χ3n) is 26.4. The van der Waals surface area contributed by atoms with Crippen LogP contribution in [0.2, 0.25) is 0 Å². The molecule has 3 radical (unpaired) electrons. The summed E-state index contributed by atoms with van der Waals surface area (Å²) in [6.07, 6.45) is 13.1. The molecule has 6 aliphatic heterocycles. The average molecular weight is 1910 g/mol. The zero-order valence-electron chi connectivity index (χ0n) is 75.1. The Labute approximate surface area is 783 Å². The smallest absolute Gasteiger partial charge is 0.307 e. The van der Waals surface area contributed by atoms with Crippen molar-refractivity contribution in [3.63, 3.8) is 0 Å². The number of benzene rings is 3. The van der Waals surface area contributed by atoms with Crippen LogP contribution in [0.5, 0.6) is 34.9 Å². The molecule has 15 atom stereocenters. The molecule has 0 N–H and O–H groups in total. The molecule has 27 nitrogen and oxygen atoms in total. The van der Waals surface area contributed by atoms with Gasteiger partial charge in [0.2, 0.25) is 35.4 Å². The van der Waals surface area contributed by atoms with E-state index in [0.29, 0.717) is 86.7 Å². The third kappa shape index (κ3) is 23.3. The van der Waals surface area contributed by atoms with Crippen molar-refractivity contribution >= 4 is 87.6 Å². The first-order chi connectivity index (χ1) is 59.6. The van der Waals surface area contributed by atoms with E-state index in [-0.39, 0.29) is 123 Å². The van der Waals surface area contributed by atoms with Gasteiger partial charge in [0.15, 0.2) is 18.3 Å². The van der Waals surface area contributed by atoms with Crippen molar-refractivity contribution in [1.82, 2.24) is 44.6 Å². The molecular formula is C93H114F6N9O18V3-3. The van der Waals surface area contributed by atoms with Gasteiger partial charge in [-0.3, -0.25) is 28.8 Å². The van der Waals surface area contributed by atoms with Crippen LogP contribution in [0, 0.1) is 51.8 Å². The standard InChI is InChI=1S/C32H40F2N3O6.C31H38F2N3O6.C30H36F2N3O6.3V/c1-31(2,3)21-16-28(39)42-25-12-8-10-19(25)9-6-5-7-11-23-29(36-24-15-20(41-4)13-14-22(24)35-23)43-27-17-37(30(21)40)26(18-38)32(27,33)34;1-29(2,3)20-14-26(38)42-30(4)15-18(30)9-7-6-8-10-22-27(35-23-13-19(40-5)11-12-21(23)34-22)41-25-16-36(28(20)39)24(17-37)31(25,32)33;1-29(2,3)19-14-26(37)40-23-12-17(23)8-6-5-7-9-21-27(34-22-13-18(39-4)10-11-20(22)33-21)41-25-15-35(28(19)38)24(16-36)30(25,31)32;;;/h13-15,19,21,25-27H,5-12,16-17H2,1-4H3;11-13,18,20,24-25H,6-10,14-16H2,1-5H3;10-11,13,17,19,23-25H,5-9,12,14-15H2,1-4H3;;;/q3*-1;;;/t19-,21-,25-,26-,27+;18-,20-,24-,25+,30-;17-,19-,23-,24-,25+;;;/m111.../s1. The second kappa shape index (κ2) is 41.8. The number of aromatic nitrogens is 6. The topological polar surface area (TPSA) is 324 Å². The zero-order chi connectivity index (χ0) is 90.9. The number of amides is 3. The molecule has 3 saturated heterocycles. The number of halogens is 6. The predicted octanol–water partition coefficient (Wildman–Crippen LogP) is 14.5. The molecule has 3 aromatic heterocycles. The van der Waals surface area contributed by atoms with Crippen molar-refractivity contribution in [3.05, 3.63) is 71.7 Å². The van der Waals surface area contributed by atoms with Gasteiger partial charge >= 0.3 is 17.9 Å². The molecule has 3 aliphatic carbocycles. The molecule has 6 bridgehead atoms. The van der Waals surface area contributed by atoms with Gasteiger partial charge in [0.25, 0.3) is 17.8 Å². The minimum atomic E-state index is -3.76. The van der Waals surface area contributed by atoms with Crippen LogP contribution in [0.3, 0.4) is 0 Å². The van der Waals surface area contributed by atoms with E-state index in [1.54, 1.807) is 117 Å². The normalized spacial score (nSPS) is 28.6. The Kier molecular flexibility index (Phi) is 33.3. The number of aryl methyl sites for hydroxylation is 3. The summed E-state index contributed by atoms with van der Waals surface area (Å²) in [7, 11) is 4.53. The molecule has 129 heavy (non-hydrogen) atoms. The number of methoxy groups -OCH3 is 3. The van der Waals surface area contributed by atoms with Crippen molar-refractivity contribution in [3.8, 4) is 34.9 Å². The Morgan fingerprint density at radius 3 is 1.06 bits per heavy atom. The Balaban J connectivity index is 0.000000199.